The van der Waals surface area contributed by atoms with E-state index < -0.39 is 0 Å². The van der Waals surface area contributed by atoms with Gasteiger partial charge in [0.05, 0.1) is 0 Å². The highest BCUT2D eigenvalue weighted by molar-refractivity contribution is 5.92. The Balaban J connectivity index is 2.22. The molecule has 1 N–H and O–H groups in total. The Morgan fingerprint density at radius 3 is 2.78 bits per heavy atom. The van der Waals surface area contributed by atoms with E-state index in [1.54, 1.807) is 18.2 Å². The zero-order valence-corrected chi connectivity index (χ0v) is 10.4. The lowest BCUT2D eigenvalue weighted by Crippen LogP contribution is -2.39. The molecule has 0 radical (unpaired) electrons. The number of hydrogen-bond acceptors (Lipinski definition) is 2. The monoisotopic (exact) mass is 246 g/mol. The molecule has 0 bridgehead atoms. The van der Waals surface area contributed by atoms with Gasteiger partial charge in [-0.3, -0.25) is 9.59 Å². The van der Waals surface area contributed by atoms with Crippen LogP contribution < -0.4 is 5.56 Å². The number of pyridine rings is 1. The molecule has 1 heterocycles. The third-order valence-corrected chi connectivity index (χ3v) is 3.35. The van der Waals surface area contributed by atoms with Crippen LogP contribution >= 0.6 is 0 Å². The first-order chi connectivity index (χ1) is 8.72. The molecule has 1 saturated carbocycles. The second-order valence-corrected chi connectivity index (χ2v) is 4.61. The first kappa shape index (κ1) is 12.6. The van der Waals surface area contributed by atoms with E-state index in [0.717, 1.165) is 25.7 Å². The standard InChI is InChI=1S/C14H18N2O2/c1-2-10-16(11-6-3-4-7-11)14(18)12-8-5-9-13(17)15-12/h2,5,8-9,11H,1,3-4,6-7,10H2,(H,15,17). The molecule has 0 atom stereocenters. The average molecular weight is 246 g/mol. The van der Waals surface area contributed by atoms with Crippen molar-refractivity contribution in [3.05, 3.63) is 46.9 Å². The summed E-state index contributed by atoms with van der Waals surface area (Å²) in [5.74, 6) is -0.112. The van der Waals surface area contributed by atoms with Crippen molar-refractivity contribution in [2.45, 2.75) is 31.7 Å². The predicted molar refractivity (Wildman–Crippen MR) is 70.6 cm³/mol. The fourth-order valence-corrected chi connectivity index (χ4v) is 2.48. The Kier molecular flexibility index (Phi) is 3.97. The maximum absolute atomic E-state index is 12.4. The van der Waals surface area contributed by atoms with Gasteiger partial charge in [-0.2, -0.15) is 0 Å². The van der Waals surface area contributed by atoms with Crippen LogP contribution in [0.2, 0.25) is 0 Å². The minimum Gasteiger partial charge on any atom is -0.331 e. The molecule has 2 rings (SSSR count). The summed E-state index contributed by atoms with van der Waals surface area (Å²) >= 11 is 0. The van der Waals surface area contributed by atoms with Crippen LogP contribution in [0.15, 0.2) is 35.6 Å². The highest BCUT2D eigenvalue weighted by Crippen LogP contribution is 2.24. The number of aromatic nitrogens is 1. The van der Waals surface area contributed by atoms with Crippen molar-refractivity contribution >= 4 is 5.91 Å². The van der Waals surface area contributed by atoms with Crippen LogP contribution in [0, 0.1) is 0 Å². The van der Waals surface area contributed by atoms with E-state index in [0.29, 0.717) is 12.2 Å². The Hall–Kier alpha value is -1.84. The second kappa shape index (κ2) is 5.67. The van der Waals surface area contributed by atoms with Crippen molar-refractivity contribution in [1.29, 1.82) is 0 Å². The van der Waals surface area contributed by atoms with E-state index in [1.165, 1.54) is 6.07 Å². The zero-order valence-electron chi connectivity index (χ0n) is 10.4. The highest BCUT2D eigenvalue weighted by atomic mass is 16.2. The molecule has 0 unspecified atom stereocenters. The predicted octanol–water partition coefficient (Wildman–Crippen LogP) is 1.95. The minimum absolute atomic E-state index is 0.112. The molecule has 1 aromatic rings. The van der Waals surface area contributed by atoms with Gasteiger partial charge in [-0.1, -0.05) is 25.0 Å². The molecule has 1 aliphatic rings. The third-order valence-electron chi connectivity index (χ3n) is 3.35. The van der Waals surface area contributed by atoms with Gasteiger partial charge in [-0.05, 0) is 18.9 Å². The first-order valence-corrected chi connectivity index (χ1v) is 6.33. The summed E-state index contributed by atoms with van der Waals surface area (Å²) in [5.41, 5.74) is 0.113. The lowest BCUT2D eigenvalue weighted by molar-refractivity contribution is 0.0700. The molecule has 0 spiro atoms. The molecule has 4 heteroatoms. The van der Waals surface area contributed by atoms with Gasteiger partial charge in [0.25, 0.3) is 5.91 Å². The van der Waals surface area contributed by atoms with Gasteiger partial charge in [-0.25, -0.2) is 0 Å². The molecule has 0 aromatic carbocycles. The van der Waals surface area contributed by atoms with E-state index in [2.05, 4.69) is 11.6 Å². The van der Waals surface area contributed by atoms with Crippen molar-refractivity contribution in [1.82, 2.24) is 9.88 Å². The number of nitrogens with one attached hydrogen (secondary N) is 1. The van der Waals surface area contributed by atoms with Crippen molar-refractivity contribution in [3.8, 4) is 0 Å². The van der Waals surface area contributed by atoms with Gasteiger partial charge in [-0.15, -0.1) is 6.58 Å². The molecule has 1 amide bonds. The van der Waals surface area contributed by atoms with E-state index in [9.17, 15) is 9.59 Å². The van der Waals surface area contributed by atoms with Crippen molar-refractivity contribution < 1.29 is 4.79 Å². The van der Waals surface area contributed by atoms with Crippen LogP contribution in [0.4, 0.5) is 0 Å². The fraction of sp³-hybridized carbons (Fsp3) is 0.429. The molecule has 96 valence electrons. The van der Waals surface area contributed by atoms with Crippen LogP contribution in [0.3, 0.4) is 0 Å². The normalized spacial score (nSPS) is 15.6. The summed E-state index contributed by atoms with van der Waals surface area (Å²) in [6, 6.07) is 4.94. The van der Waals surface area contributed by atoms with E-state index >= 15 is 0 Å². The number of carbonyl (C=O) groups is 1. The molecule has 4 nitrogen and oxygen atoms in total. The number of aromatic amines is 1. The van der Waals surface area contributed by atoms with Gasteiger partial charge in [0, 0.05) is 18.7 Å². The Labute approximate surface area is 106 Å². The van der Waals surface area contributed by atoms with E-state index in [4.69, 9.17) is 0 Å². The number of hydrogen-bond donors (Lipinski definition) is 1. The summed E-state index contributed by atoms with van der Waals surface area (Å²) in [5, 5.41) is 0. The van der Waals surface area contributed by atoms with Crippen LogP contribution in [-0.2, 0) is 0 Å². The van der Waals surface area contributed by atoms with Crippen molar-refractivity contribution in [3.63, 3.8) is 0 Å². The lowest BCUT2D eigenvalue weighted by atomic mass is 10.2. The highest BCUT2D eigenvalue weighted by Gasteiger charge is 2.26. The average Bonchev–Trinajstić information content (AvgIpc) is 2.89. The first-order valence-electron chi connectivity index (χ1n) is 6.33. The summed E-state index contributed by atoms with van der Waals surface area (Å²) in [6.45, 7) is 4.23. The summed E-state index contributed by atoms with van der Waals surface area (Å²) in [6.07, 6.45) is 6.14. The molecule has 18 heavy (non-hydrogen) atoms. The molecule has 0 saturated heterocycles. The smallest absolute Gasteiger partial charge is 0.270 e. The third kappa shape index (κ3) is 2.70. The van der Waals surface area contributed by atoms with Crippen molar-refractivity contribution in [2.24, 2.45) is 0 Å². The fourth-order valence-electron chi connectivity index (χ4n) is 2.48. The topological polar surface area (TPSA) is 53.2 Å². The van der Waals surface area contributed by atoms with Crippen LogP contribution in [-0.4, -0.2) is 28.4 Å². The Morgan fingerprint density at radius 1 is 1.44 bits per heavy atom. The largest absolute Gasteiger partial charge is 0.331 e. The summed E-state index contributed by atoms with van der Waals surface area (Å²) in [7, 11) is 0. The molecular weight excluding hydrogens is 228 g/mol. The van der Waals surface area contributed by atoms with Crippen LogP contribution in [0.1, 0.15) is 36.2 Å². The SMILES string of the molecule is C=CCN(C(=O)c1cccc(=O)[nH]1)C1CCCC1. The Bertz CT molecular complexity index is 487. The number of H-pyrrole nitrogens is 1. The van der Waals surface area contributed by atoms with Crippen LogP contribution in [0.25, 0.3) is 0 Å². The quantitative estimate of drug-likeness (QED) is 0.825. The van der Waals surface area contributed by atoms with Crippen molar-refractivity contribution in [2.75, 3.05) is 6.54 Å². The number of carbonyl (C=O) groups excluding carboxylic acids is 1. The van der Waals surface area contributed by atoms with Gasteiger partial charge in [0.15, 0.2) is 0 Å². The van der Waals surface area contributed by atoms with Gasteiger partial charge < -0.3 is 9.88 Å². The molecule has 1 fully saturated rings. The lowest BCUT2D eigenvalue weighted by Gasteiger charge is -2.27. The maximum Gasteiger partial charge on any atom is 0.270 e. The Morgan fingerprint density at radius 2 is 2.17 bits per heavy atom. The molecule has 1 aromatic heterocycles. The minimum atomic E-state index is -0.245. The maximum atomic E-state index is 12.4. The summed E-state index contributed by atoms with van der Waals surface area (Å²) in [4.78, 5) is 28.0. The number of nitrogens with zero attached hydrogens (tertiary/aromatic N) is 1. The van der Waals surface area contributed by atoms with Gasteiger partial charge in [0.1, 0.15) is 5.69 Å². The summed E-state index contributed by atoms with van der Waals surface area (Å²) < 4.78 is 0. The molecule has 0 aliphatic heterocycles. The number of rotatable bonds is 4. The molecular formula is C14H18N2O2. The zero-order chi connectivity index (χ0) is 13.0. The van der Waals surface area contributed by atoms with E-state index in [-0.39, 0.29) is 17.5 Å². The van der Waals surface area contributed by atoms with Crippen LogP contribution in [0.5, 0.6) is 0 Å². The van der Waals surface area contributed by atoms with Gasteiger partial charge in [0.2, 0.25) is 5.56 Å². The second-order valence-electron chi connectivity index (χ2n) is 4.61. The van der Waals surface area contributed by atoms with E-state index in [1.807, 2.05) is 4.90 Å². The number of amides is 1. The van der Waals surface area contributed by atoms with Gasteiger partial charge >= 0.3 is 0 Å². The molecule has 1 aliphatic carbocycles.